The maximum absolute atomic E-state index is 5.43. The lowest BCUT2D eigenvalue weighted by atomic mass is 10.0. The van der Waals surface area contributed by atoms with Gasteiger partial charge in [0.25, 0.3) is 0 Å². The lowest BCUT2D eigenvalue weighted by Gasteiger charge is -2.27. The molecule has 0 saturated carbocycles. The molecule has 3 aromatic carbocycles. The third-order valence-corrected chi connectivity index (χ3v) is 4.68. The fraction of sp³-hybridized carbons (Fsp3) is 0.130. The molecule has 4 nitrogen and oxygen atoms in total. The normalized spacial score (nSPS) is 15.9. The number of benzene rings is 3. The summed E-state index contributed by atoms with van der Waals surface area (Å²) in [5.74, 6) is 1.53. The van der Waals surface area contributed by atoms with Crippen molar-refractivity contribution in [2.45, 2.75) is 6.04 Å². The molecule has 136 valence electrons. The first-order valence-corrected chi connectivity index (χ1v) is 8.89. The van der Waals surface area contributed by atoms with Crippen LogP contribution in [0, 0.1) is 0 Å². The highest BCUT2D eigenvalue weighted by Crippen LogP contribution is 2.36. The van der Waals surface area contributed by atoms with Crippen molar-refractivity contribution < 1.29 is 9.47 Å². The molecule has 1 N–H and O–H groups in total. The molecule has 1 atom stereocenters. The summed E-state index contributed by atoms with van der Waals surface area (Å²) in [7, 11) is 3.33. The third-order valence-electron chi connectivity index (χ3n) is 4.68. The second kappa shape index (κ2) is 7.46. The van der Waals surface area contributed by atoms with E-state index >= 15 is 0 Å². The van der Waals surface area contributed by atoms with Gasteiger partial charge in [-0.1, -0.05) is 48.5 Å². The Morgan fingerprint density at radius 1 is 0.778 bits per heavy atom. The second-order valence-corrected chi connectivity index (χ2v) is 6.35. The van der Waals surface area contributed by atoms with Gasteiger partial charge in [0.15, 0.2) is 0 Å². The summed E-state index contributed by atoms with van der Waals surface area (Å²) >= 11 is 0. The fourth-order valence-corrected chi connectivity index (χ4v) is 3.30. The Hall–Kier alpha value is -3.40. The molecule has 27 heavy (non-hydrogen) atoms. The number of para-hydroxylation sites is 1. The third kappa shape index (κ3) is 3.47. The first kappa shape index (κ1) is 17.0. The van der Waals surface area contributed by atoms with Gasteiger partial charge in [-0.2, -0.15) is 0 Å². The Kier molecular flexibility index (Phi) is 4.71. The van der Waals surface area contributed by atoms with Gasteiger partial charge in [0, 0.05) is 11.6 Å². The number of nitrogens with one attached hydrogen (secondary N) is 1. The Bertz CT molecular complexity index is 917. The summed E-state index contributed by atoms with van der Waals surface area (Å²) in [6.45, 7) is 0. The van der Waals surface area contributed by atoms with Crippen molar-refractivity contribution in [3.05, 3.63) is 96.1 Å². The van der Waals surface area contributed by atoms with Gasteiger partial charge in [0.2, 0.25) is 0 Å². The van der Waals surface area contributed by atoms with Gasteiger partial charge in [0.05, 0.1) is 31.6 Å². The summed E-state index contributed by atoms with van der Waals surface area (Å²) in [5, 5.41) is 2.18. The Morgan fingerprint density at radius 3 is 1.96 bits per heavy atom. The summed E-state index contributed by atoms with van der Waals surface area (Å²) in [6.07, 6.45) is 2.23. The molecule has 3 aromatic rings. The molecule has 0 radical (unpaired) electrons. The van der Waals surface area contributed by atoms with E-state index in [0.29, 0.717) is 0 Å². The molecule has 1 aliphatic heterocycles. The highest BCUT2D eigenvalue weighted by atomic mass is 16.5. The summed E-state index contributed by atoms with van der Waals surface area (Å²) in [5.41, 5.74) is 7.92. The van der Waals surface area contributed by atoms with Crippen molar-refractivity contribution >= 4 is 11.4 Å². The number of hydrazine groups is 1. The smallest absolute Gasteiger partial charge is 0.123 e. The van der Waals surface area contributed by atoms with E-state index in [-0.39, 0.29) is 6.04 Å². The molecule has 0 saturated heterocycles. The standard InChI is InChI=1S/C23H22N2O2/c1-26-20-13-18(14-21(15-20)27-2)22-16-23(17-9-5-3-6-10-17)25(24-22)19-11-7-4-8-12-19/h3-16,23-24H,1-2H3. The van der Waals surface area contributed by atoms with Crippen LogP contribution in [0.15, 0.2) is 84.9 Å². The van der Waals surface area contributed by atoms with Crippen molar-refractivity contribution in [1.29, 1.82) is 0 Å². The molecule has 4 rings (SSSR count). The van der Waals surface area contributed by atoms with E-state index in [2.05, 4.69) is 52.9 Å². The largest absolute Gasteiger partial charge is 0.497 e. The Labute approximate surface area is 159 Å². The van der Waals surface area contributed by atoms with Crippen LogP contribution in [0.4, 0.5) is 5.69 Å². The van der Waals surface area contributed by atoms with Crippen LogP contribution in [0.1, 0.15) is 17.2 Å². The number of hydrogen-bond donors (Lipinski definition) is 1. The van der Waals surface area contributed by atoms with E-state index in [0.717, 1.165) is 28.4 Å². The van der Waals surface area contributed by atoms with Crippen LogP contribution in [0.3, 0.4) is 0 Å². The molecule has 4 heteroatoms. The minimum absolute atomic E-state index is 0.0841. The van der Waals surface area contributed by atoms with E-state index in [1.165, 1.54) is 5.56 Å². The van der Waals surface area contributed by atoms with Gasteiger partial charge in [-0.15, -0.1) is 0 Å². The quantitative estimate of drug-likeness (QED) is 0.710. The van der Waals surface area contributed by atoms with Crippen LogP contribution in [-0.2, 0) is 0 Å². The highest BCUT2D eigenvalue weighted by Gasteiger charge is 2.27. The molecule has 0 amide bonds. The maximum atomic E-state index is 5.43. The molecule has 1 unspecified atom stereocenters. The number of hydrogen-bond acceptors (Lipinski definition) is 4. The summed E-state index contributed by atoms with van der Waals surface area (Å²) < 4.78 is 10.9. The van der Waals surface area contributed by atoms with Gasteiger partial charge in [-0.3, -0.25) is 10.4 Å². The van der Waals surface area contributed by atoms with E-state index in [4.69, 9.17) is 9.47 Å². The van der Waals surface area contributed by atoms with Crippen LogP contribution in [0.5, 0.6) is 11.5 Å². The summed E-state index contributed by atoms with van der Waals surface area (Å²) in [4.78, 5) is 0. The van der Waals surface area contributed by atoms with Crippen molar-refractivity contribution in [3.63, 3.8) is 0 Å². The van der Waals surface area contributed by atoms with Crippen LogP contribution in [0.25, 0.3) is 5.70 Å². The fourth-order valence-electron chi connectivity index (χ4n) is 3.30. The van der Waals surface area contributed by atoms with Crippen molar-refractivity contribution in [1.82, 2.24) is 5.43 Å². The molecule has 0 aromatic heterocycles. The zero-order valence-electron chi connectivity index (χ0n) is 15.4. The average molecular weight is 358 g/mol. The molecule has 0 fully saturated rings. The van der Waals surface area contributed by atoms with Gasteiger partial charge >= 0.3 is 0 Å². The maximum Gasteiger partial charge on any atom is 0.123 e. The van der Waals surface area contributed by atoms with E-state index < -0.39 is 0 Å². The van der Waals surface area contributed by atoms with Gasteiger partial charge < -0.3 is 9.47 Å². The number of methoxy groups -OCH3 is 2. The van der Waals surface area contributed by atoms with Crippen molar-refractivity contribution in [2.75, 3.05) is 19.2 Å². The van der Waals surface area contributed by atoms with Crippen LogP contribution >= 0.6 is 0 Å². The van der Waals surface area contributed by atoms with Crippen LogP contribution in [0.2, 0.25) is 0 Å². The zero-order chi connectivity index (χ0) is 18.6. The average Bonchev–Trinajstić information content (AvgIpc) is 3.20. The predicted molar refractivity (Wildman–Crippen MR) is 109 cm³/mol. The Morgan fingerprint density at radius 2 is 1.37 bits per heavy atom. The first-order valence-electron chi connectivity index (χ1n) is 8.89. The predicted octanol–water partition coefficient (Wildman–Crippen LogP) is 4.81. The van der Waals surface area contributed by atoms with E-state index in [9.17, 15) is 0 Å². The molecule has 1 aliphatic rings. The number of nitrogens with zero attached hydrogens (tertiary/aromatic N) is 1. The summed E-state index contributed by atoms with van der Waals surface area (Å²) in [6, 6.07) is 26.8. The van der Waals surface area contributed by atoms with Crippen LogP contribution < -0.4 is 19.9 Å². The highest BCUT2D eigenvalue weighted by molar-refractivity contribution is 5.73. The SMILES string of the molecule is COc1cc(OC)cc(C2=CC(c3ccccc3)N(c3ccccc3)N2)c1. The minimum Gasteiger partial charge on any atom is -0.497 e. The van der Waals surface area contributed by atoms with Gasteiger partial charge in [0.1, 0.15) is 11.5 Å². The molecule has 0 bridgehead atoms. The number of anilines is 1. The molecule has 1 heterocycles. The van der Waals surface area contributed by atoms with Crippen molar-refractivity contribution in [2.24, 2.45) is 0 Å². The first-order chi connectivity index (χ1) is 13.3. The lowest BCUT2D eigenvalue weighted by Crippen LogP contribution is -2.33. The molecule has 0 spiro atoms. The van der Waals surface area contributed by atoms with Gasteiger partial charge in [-0.25, -0.2) is 0 Å². The second-order valence-electron chi connectivity index (χ2n) is 6.35. The topological polar surface area (TPSA) is 33.7 Å². The molecular weight excluding hydrogens is 336 g/mol. The molecule has 0 aliphatic carbocycles. The Balaban J connectivity index is 1.76. The minimum atomic E-state index is 0.0841. The zero-order valence-corrected chi connectivity index (χ0v) is 15.4. The molecular formula is C23H22N2O2. The monoisotopic (exact) mass is 358 g/mol. The van der Waals surface area contributed by atoms with Gasteiger partial charge in [-0.05, 0) is 35.9 Å². The van der Waals surface area contributed by atoms with Crippen molar-refractivity contribution in [3.8, 4) is 11.5 Å². The van der Waals surface area contributed by atoms with Crippen LogP contribution in [-0.4, -0.2) is 14.2 Å². The van der Waals surface area contributed by atoms with E-state index in [1.54, 1.807) is 14.2 Å². The lowest BCUT2D eigenvalue weighted by molar-refractivity contribution is 0.394. The number of ether oxygens (including phenoxy) is 2. The number of rotatable bonds is 5. The van der Waals surface area contributed by atoms with E-state index in [1.807, 2.05) is 42.5 Å².